The summed E-state index contributed by atoms with van der Waals surface area (Å²) in [5.74, 6) is 0. The Morgan fingerprint density at radius 2 is 1.04 bits per heavy atom. The molecule has 2 heterocycles. The zero-order valence-electron chi connectivity index (χ0n) is 28.8. The van der Waals surface area contributed by atoms with Gasteiger partial charge in [-0.05, 0) is 76.3 Å². The highest BCUT2D eigenvalue weighted by atomic mass is 32.1. The van der Waals surface area contributed by atoms with Gasteiger partial charge in [0.25, 0.3) is 0 Å². The maximum absolute atomic E-state index is 2.45. The second-order valence-electron chi connectivity index (χ2n) is 13.7. The Morgan fingerprint density at radius 3 is 1.89 bits per heavy atom. The molecule has 248 valence electrons. The van der Waals surface area contributed by atoms with Gasteiger partial charge in [0.15, 0.2) is 0 Å². The lowest BCUT2D eigenvalue weighted by atomic mass is 9.98. The highest BCUT2D eigenvalue weighted by Crippen LogP contribution is 2.45. The van der Waals surface area contributed by atoms with Crippen LogP contribution in [0.25, 0.3) is 80.3 Å². The number of aromatic nitrogens is 1. The molecule has 11 rings (SSSR count). The van der Waals surface area contributed by atoms with Crippen molar-refractivity contribution >= 4 is 91.9 Å². The van der Waals surface area contributed by atoms with Crippen LogP contribution in [0.15, 0.2) is 194 Å². The number of thiophene rings is 1. The minimum Gasteiger partial charge on any atom is -0.310 e. The van der Waals surface area contributed by atoms with Crippen molar-refractivity contribution in [2.24, 2.45) is 0 Å². The van der Waals surface area contributed by atoms with E-state index in [9.17, 15) is 0 Å². The molecule has 9 aromatic carbocycles. The molecule has 0 aliphatic carbocycles. The summed E-state index contributed by atoms with van der Waals surface area (Å²) >= 11 is 1.86. The fourth-order valence-corrected chi connectivity index (χ4v) is 9.53. The lowest BCUT2D eigenvalue weighted by Crippen LogP contribution is -2.10. The fraction of sp³-hybridized carbons (Fsp3) is 0. The minimum atomic E-state index is 1.12. The third-order valence-corrected chi connectivity index (χ3v) is 11.9. The molecule has 0 spiro atoms. The van der Waals surface area contributed by atoms with Gasteiger partial charge in [0.05, 0.1) is 16.7 Å². The maximum atomic E-state index is 2.45. The molecule has 0 radical (unpaired) electrons. The summed E-state index contributed by atoms with van der Waals surface area (Å²) in [7, 11) is 0. The molecule has 0 unspecified atom stereocenters. The average molecular weight is 693 g/mol. The third kappa shape index (κ3) is 4.71. The molecule has 0 saturated carbocycles. The van der Waals surface area contributed by atoms with Crippen LogP contribution in [0, 0.1) is 0 Å². The van der Waals surface area contributed by atoms with Crippen LogP contribution in [0.3, 0.4) is 0 Å². The van der Waals surface area contributed by atoms with E-state index in [1.807, 2.05) is 11.3 Å². The topological polar surface area (TPSA) is 8.17 Å². The van der Waals surface area contributed by atoms with Gasteiger partial charge in [0.1, 0.15) is 0 Å². The summed E-state index contributed by atoms with van der Waals surface area (Å²) in [6, 6.07) is 71.0. The van der Waals surface area contributed by atoms with Gasteiger partial charge < -0.3 is 9.47 Å². The SMILES string of the molecule is c1ccc(-n2c3ccccc3c3cccc(-c4ccc(N(c5ccc6c(c5)sc5ccccc56)c5cc6ccccc6c6ccccc56)cc4)c32)cc1. The minimum absolute atomic E-state index is 1.12. The highest BCUT2D eigenvalue weighted by molar-refractivity contribution is 7.25. The molecule has 0 amide bonds. The van der Waals surface area contributed by atoms with Crippen molar-refractivity contribution in [3.63, 3.8) is 0 Å². The Hall–Kier alpha value is -6.68. The zero-order valence-corrected chi connectivity index (χ0v) is 29.6. The summed E-state index contributed by atoms with van der Waals surface area (Å²) in [4.78, 5) is 2.45. The van der Waals surface area contributed by atoms with Crippen LogP contribution in [0.5, 0.6) is 0 Å². The van der Waals surface area contributed by atoms with Crippen LogP contribution in [-0.4, -0.2) is 4.57 Å². The number of benzene rings is 9. The van der Waals surface area contributed by atoms with Crippen molar-refractivity contribution < 1.29 is 0 Å². The predicted octanol–water partition coefficient (Wildman–Crippen LogP) is 14.6. The van der Waals surface area contributed by atoms with E-state index in [1.54, 1.807) is 0 Å². The summed E-state index contributed by atoms with van der Waals surface area (Å²) in [5, 5.41) is 10.1. The third-order valence-electron chi connectivity index (χ3n) is 10.8. The van der Waals surface area contributed by atoms with E-state index in [0.717, 1.165) is 17.1 Å². The molecule has 2 nitrogen and oxygen atoms in total. The number of rotatable bonds is 5. The molecule has 2 aromatic heterocycles. The quantitative estimate of drug-likeness (QED) is 0.163. The van der Waals surface area contributed by atoms with Gasteiger partial charge in [0, 0.05) is 59.0 Å². The van der Waals surface area contributed by atoms with E-state index in [4.69, 9.17) is 0 Å². The van der Waals surface area contributed by atoms with Crippen LogP contribution in [0.1, 0.15) is 0 Å². The second-order valence-corrected chi connectivity index (χ2v) is 14.8. The first-order valence-corrected chi connectivity index (χ1v) is 18.9. The average Bonchev–Trinajstić information content (AvgIpc) is 3.77. The summed E-state index contributed by atoms with van der Waals surface area (Å²) in [6.45, 7) is 0. The van der Waals surface area contributed by atoms with E-state index in [-0.39, 0.29) is 0 Å². The van der Waals surface area contributed by atoms with Gasteiger partial charge in [-0.15, -0.1) is 11.3 Å². The molecular formula is C50H32N2S. The number of anilines is 3. The van der Waals surface area contributed by atoms with Gasteiger partial charge in [-0.2, -0.15) is 0 Å². The number of fused-ring (bicyclic) bond motifs is 9. The Balaban J connectivity index is 1.13. The Labute approximate surface area is 311 Å². The lowest BCUT2D eigenvalue weighted by molar-refractivity contribution is 1.18. The van der Waals surface area contributed by atoms with Gasteiger partial charge in [0.2, 0.25) is 0 Å². The molecule has 0 bridgehead atoms. The van der Waals surface area contributed by atoms with Crippen LogP contribution < -0.4 is 4.90 Å². The normalized spacial score (nSPS) is 11.8. The van der Waals surface area contributed by atoms with Gasteiger partial charge in [-0.3, -0.25) is 0 Å². The van der Waals surface area contributed by atoms with Crippen molar-refractivity contribution in [3.8, 4) is 16.8 Å². The van der Waals surface area contributed by atoms with E-state index >= 15 is 0 Å². The molecule has 53 heavy (non-hydrogen) atoms. The first-order valence-electron chi connectivity index (χ1n) is 18.1. The van der Waals surface area contributed by atoms with E-state index in [0.29, 0.717) is 0 Å². The van der Waals surface area contributed by atoms with Crippen LogP contribution in [0.2, 0.25) is 0 Å². The maximum Gasteiger partial charge on any atom is 0.0619 e. The Morgan fingerprint density at radius 1 is 0.396 bits per heavy atom. The van der Waals surface area contributed by atoms with Crippen molar-refractivity contribution in [2.45, 2.75) is 0 Å². The van der Waals surface area contributed by atoms with Gasteiger partial charge in [-0.25, -0.2) is 0 Å². The number of hydrogen-bond donors (Lipinski definition) is 0. The standard InChI is InChI=1S/C50H32N2S/c1-2-14-35(15-3-1)52-46-23-10-8-19-42(46)45-22-12-21-39(50(45)52)33-25-27-36(28-26-33)51(37-29-30-44-43-20-9-11-24-48(43)53-49(44)32-37)47-31-34-13-4-5-16-38(34)40-17-6-7-18-41(40)47/h1-32H. The molecular weight excluding hydrogens is 661 g/mol. The fourth-order valence-electron chi connectivity index (χ4n) is 8.39. The molecule has 0 saturated heterocycles. The monoisotopic (exact) mass is 692 g/mol. The summed E-state index contributed by atoms with van der Waals surface area (Å²) in [5.41, 5.74) is 9.41. The molecule has 0 aliphatic heterocycles. The lowest BCUT2D eigenvalue weighted by Gasteiger charge is -2.28. The number of hydrogen-bond acceptors (Lipinski definition) is 2. The first-order chi connectivity index (χ1) is 26.3. The molecule has 0 atom stereocenters. The van der Waals surface area contributed by atoms with E-state index in [2.05, 4.69) is 204 Å². The molecule has 0 N–H and O–H groups in total. The molecule has 0 aliphatic rings. The molecule has 11 aromatic rings. The van der Waals surface area contributed by atoms with Crippen molar-refractivity contribution in [1.29, 1.82) is 0 Å². The first kappa shape index (κ1) is 30.0. The Kier molecular flexibility index (Phi) is 6.76. The van der Waals surface area contributed by atoms with Gasteiger partial charge >= 0.3 is 0 Å². The summed E-state index contributed by atoms with van der Waals surface area (Å²) in [6.07, 6.45) is 0. The Bertz CT molecular complexity index is 3170. The summed E-state index contributed by atoms with van der Waals surface area (Å²) < 4.78 is 5.02. The van der Waals surface area contributed by atoms with E-state index in [1.165, 1.54) is 80.3 Å². The highest BCUT2D eigenvalue weighted by Gasteiger charge is 2.20. The van der Waals surface area contributed by atoms with Crippen LogP contribution in [0.4, 0.5) is 17.1 Å². The van der Waals surface area contributed by atoms with Crippen molar-refractivity contribution in [3.05, 3.63) is 194 Å². The smallest absolute Gasteiger partial charge is 0.0619 e. The van der Waals surface area contributed by atoms with Crippen LogP contribution in [-0.2, 0) is 0 Å². The van der Waals surface area contributed by atoms with E-state index < -0.39 is 0 Å². The predicted molar refractivity (Wildman–Crippen MR) is 229 cm³/mol. The number of para-hydroxylation sites is 3. The van der Waals surface area contributed by atoms with Crippen molar-refractivity contribution in [1.82, 2.24) is 4.57 Å². The largest absolute Gasteiger partial charge is 0.310 e. The molecule has 3 heteroatoms. The van der Waals surface area contributed by atoms with Gasteiger partial charge in [-0.1, -0.05) is 140 Å². The second kappa shape index (κ2) is 11.9. The van der Waals surface area contributed by atoms with Crippen LogP contribution >= 0.6 is 11.3 Å². The van der Waals surface area contributed by atoms with Crippen molar-refractivity contribution in [2.75, 3.05) is 4.90 Å². The molecule has 0 fully saturated rings. The number of nitrogens with zero attached hydrogens (tertiary/aromatic N) is 2. The zero-order chi connectivity index (χ0) is 34.9.